The number of anilines is 1. The highest BCUT2D eigenvalue weighted by atomic mass is 127. The second-order valence-electron chi connectivity index (χ2n) is 5.30. The van der Waals surface area contributed by atoms with Crippen LogP contribution in [0.2, 0.25) is 0 Å². The molecule has 102 valence electrons. The molecule has 4 nitrogen and oxygen atoms in total. The minimum atomic E-state index is -0.228. The monoisotopic (exact) mass is 374 g/mol. The lowest BCUT2D eigenvalue weighted by atomic mass is 10.1. The molecule has 0 amide bonds. The maximum atomic E-state index is 13.0. The second-order valence-corrected chi connectivity index (χ2v) is 6.47. The van der Waals surface area contributed by atoms with Crippen LogP contribution in [0.4, 0.5) is 10.1 Å². The van der Waals surface area contributed by atoms with E-state index in [1.165, 1.54) is 12.1 Å². The van der Waals surface area contributed by atoms with Crippen LogP contribution in [0, 0.1) is 9.39 Å². The lowest BCUT2D eigenvalue weighted by Gasteiger charge is -2.17. The summed E-state index contributed by atoms with van der Waals surface area (Å²) in [7, 11) is 0. The molecule has 19 heavy (non-hydrogen) atoms. The minimum Gasteiger partial charge on any atom is -0.378 e. The molecule has 2 rings (SSSR count). The van der Waals surface area contributed by atoms with Crippen molar-refractivity contribution in [3.63, 3.8) is 0 Å². The molecule has 0 saturated heterocycles. The van der Waals surface area contributed by atoms with Gasteiger partial charge in [-0.05, 0) is 61.6 Å². The maximum absolute atomic E-state index is 13.0. The molecule has 0 atom stereocenters. The number of halogens is 2. The number of rotatable bonds is 3. The Labute approximate surface area is 125 Å². The summed E-state index contributed by atoms with van der Waals surface area (Å²) < 4.78 is 15.7. The molecule has 0 bridgehead atoms. The molecule has 0 spiro atoms. The van der Waals surface area contributed by atoms with Gasteiger partial charge in [-0.25, -0.2) is 9.07 Å². The van der Waals surface area contributed by atoms with Gasteiger partial charge in [0.1, 0.15) is 11.5 Å². The van der Waals surface area contributed by atoms with E-state index >= 15 is 0 Å². The summed E-state index contributed by atoms with van der Waals surface area (Å²) in [4.78, 5) is 0. The van der Waals surface area contributed by atoms with E-state index < -0.39 is 0 Å². The predicted octanol–water partition coefficient (Wildman–Crippen LogP) is 3.39. The second kappa shape index (κ2) is 5.44. The fourth-order valence-electron chi connectivity index (χ4n) is 1.53. The first-order chi connectivity index (χ1) is 8.86. The highest BCUT2D eigenvalue weighted by Crippen LogP contribution is 2.19. The van der Waals surface area contributed by atoms with E-state index in [9.17, 15) is 4.39 Å². The van der Waals surface area contributed by atoms with Gasteiger partial charge in [0.2, 0.25) is 0 Å². The smallest absolute Gasteiger partial charge is 0.124 e. The zero-order valence-corrected chi connectivity index (χ0v) is 13.3. The molecule has 2 aromatic rings. The van der Waals surface area contributed by atoms with Gasteiger partial charge in [0.05, 0.1) is 18.3 Å². The quantitative estimate of drug-likeness (QED) is 0.838. The Bertz CT molecular complexity index is 574. The van der Waals surface area contributed by atoms with Gasteiger partial charge in [-0.2, -0.15) is 0 Å². The molecular formula is C13H16FIN4. The van der Waals surface area contributed by atoms with E-state index in [0.717, 1.165) is 15.0 Å². The molecule has 1 aromatic carbocycles. The SMILES string of the molecule is CC(C)(C)n1cc(CNc2ccc(F)cc2I)nn1. The maximum Gasteiger partial charge on any atom is 0.124 e. The van der Waals surface area contributed by atoms with Crippen LogP contribution < -0.4 is 5.32 Å². The lowest BCUT2D eigenvalue weighted by molar-refractivity contribution is 0.347. The van der Waals surface area contributed by atoms with Crippen LogP contribution in [0.15, 0.2) is 24.4 Å². The summed E-state index contributed by atoms with van der Waals surface area (Å²) in [6.07, 6.45) is 1.92. The zero-order chi connectivity index (χ0) is 14.0. The average molecular weight is 374 g/mol. The van der Waals surface area contributed by atoms with Crippen molar-refractivity contribution < 1.29 is 4.39 Å². The van der Waals surface area contributed by atoms with Gasteiger partial charge in [0.15, 0.2) is 0 Å². The Hall–Kier alpha value is -1.18. The molecular weight excluding hydrogens is 358 g/mol. The number of hydrogen-bond acceptors (Lipinski definition) is 3. The number of aromatic nitrogens is 3. The standard InChI is InChI=1S/C13H16FIN4/c1-13(2,3)19-8-10(17-18-19)7-16-12-5-4-9(14)6-11(12)15/h4-6,8,16H,7H2,1-3H3. The van der Waals surface area contributed by atoms with E-state index in [-0.39, 0.29) is 11.4 Å². The van der Waals surface area contributed by atoms with Gasteiger partial charge in [0.25, 0.3) is 0 Å². The third-order valence-corrected chi connectivity index (χ3v) is 3.51. The molecule has 0 unspecified atom stereocenters. The van der Waals surface area contributed by atoms with E-state index in [4.69, 9.17) is 0 Å². The van der Waals surface area contributed by atoms with Gasteiger partial charge in [-0.3, -0.25) is 0 Å². The fourth-order valence-corrected chi connectivity index (χ4v) is 2.19. The number of nitrogens with zero attached hydrogens (tertiary/aromatic N) is 3. The van der Waals surface area contributed by atoms with Crippen molar-refractivity contribution in [1.29, 1.82) is 0 Å². The van der Waals surface area contributed by atoms with E-state index in [1.54, 1.807) is 6.07 Å². The average Bonchev–Trinajstić information content (AvgIpc) is 2.76. The summed E-state index contributed by atoms with van der Waals surface area (Å²) >= 11 is 2.10. The molecule has 0 fully saturated rings. The summed E-state index contributed by atoms with van der Waals surface area (Å²) in [6.45, 7) is 6.78. The summed E-state index contributed by atoms with van der Waals surface area (Å²) in [5.74, 6) is -0.228. The summed E-state index contributed by atoms with van der Waals surface area (Å²) in [5.41, 5.74) is 1.68. The molecule has 0 radical (unpaired) electrons. The van der Waals surface area contributed by atoms with Crippen molar-refractivity contribution in [3.05, 3.63) is 39.5 Å². The number of nitrogens with one attached hydrogen (secondary N) is 1. The highest BCUT2D eigenvalue weighted by Gasteiger charge is 2.14. The Morgan fingerprint density at radius 3 is 2.68 bits per heavy atom. The Morgan fingerprint density at radius 1 is 1.37 bits per heavy atom. The van der Waals surface area contributed by atoms with Gasteiger partial charge in [-0.15, -0.1) is 5.10 Å². The minimum absolute atomic E-state index is 0.0739. The molecule has 6 heteroatoms. The Balaban J connectivity index is 2.04. The number of hydrogen-bond donors (Lipinski definition) is 1. The summed E-state index contributed by atoms with van der Waals surface area (Å²) in [6, 6.07) is 4.66. The van der Waals surface area contributed by atoms with Crippen LogP contribution in [0.1, 0.15) is 26.5 Å². The first kappa shape index (κ1) is 14.2. The first-order valence-corrected chi connectivity index (χ1v) is 7.05. The highest BCUT2D eigenvalue weighted by molar-refractivity contribution is 14.1. The molecule has 0 saturated carbocycles. The van der Waals surface area contributed by atoms with Crippen LogP contribution >= 0.6 is 22.6 Å². The fraction of sp³-hybridized carbons (Fsp3) is 0.385. The molecule has 0 aliphatic carbocycles. The van der Waals surface area contributed by atoms with E-state index in [0.29, 0.717) is 6.54 Å². The largest absolute Gasteiger partial charge is 0.378 e. The van der Waals surface area contributed by atoms with Crippen molar-refractivity contribution in [3.8, 4) is 0 Å². The van der Waals surface area contributed by atoms with Crippen molar-refractivity contribution in [1.82, 2.24) is 15.0 Å². The third-order valence-electron chi connectivity index (χ3n) is 2.62. The predicted molar refractivity (Wildman–Crippen MR) is 81.5 cm³/mol. The van der Waals surface area contributed by atoms with Crippen LogP contribution in [0.3, 0.4) is 0 Å². The van der Waals surface area contributed by atoms with Gasteiger partial charge < -0.3 is 5.32 Å². The topological polar surface area (TPSA) is 42.7 Å². The van der Waals surface area contributed by atoms with Gasteiger partial charge in [0, 0.05) is 9.26 Å². The van der Waals surface area contributed by atoms with E-state index in [1.807, 2.05) is 10.9 Å². The van der Waals surface area contributed by atoms with Crippen molar-refractivity contribution in [2.45, 2.75) is 32.9 Å². The molecule has 1 aromatic heterocycles. The van der Waals surface area contributed by atoms with Crippen molar-refractivity contribution >= 4 is 28.3 Å². The Kier molecular flexibility index (Phi) is 4.07. The molecule has 0 aliphatic rings. The molecule has 1 heterocycles. The molecule has 0 aliphatic heterocycles. The summed E-state index contributed by atoms with van der Waals surface area (Å²) in [5, 5.41) is 11.5. The van der Waals surface area contributed by atoms with Crippen LogP contribution in [0.5, 0.6) is 0 Å². The molecule has 1 N–H and O–H groups in total. The Morgan fingerprint density at radius 2 is 2.11 bits per heavy atom. The van der Waals surface area contributed by atoms with Gasteiger partial charge >= 0.3 is 0 Å². The third kappa shape index (κ3) is 3.65. The van der Waals surface area contributed by atoms with Crippen LogP contribution in [0.25, 0.3) is 0 Å². The normalized spacial score (nSPS) is 11.6. The van der Waals surface area contributed by atoms with Gasteiger partial charge in [-0.1, -0.05) is 5.21 Å². The number of benzene rings is 1. The lowest BCUT2D eigenvalue weighted by Crippen LogP contribution is -2.22. The van der Waals surface area contributed by atoms with Crippen LogP contribution in [-0.2, 0) is 12.1 Å². The van der Waals surface area contributed by atoms with E-state index in [2.05, 4.69) is 59.0 Å². The zero-order valence-electron chi connectivity index (χ0n) is 11.1. The first-order valence-electron chi connectivity index (χ1n) is 5.97. The van der Waals surface area contributed by atoms with Crippen molar-refractivity contribution in [2.24, 2.45) is 0 Å². The van der Waals surface area contributed by atoms with Crippen LogP contribution in [-0.4, -0.2) is 15.0 Å². The van der Waals surface area contributed by atoms with Crippen molar-refractivity contribution in [2.75, 3.05) is 5.32 Å².